The third-order valence-electron chi connectivity index (χ3n) is 5.06. The minimum absolute atomic E-state index is 0.00106. The third-order valence-corrected chi connectivity index (χ3v) is 6.81. The number of anilines is 1. The van der Waals surface area contributed by atoms with Crippen LogP contribution < -0.4 is 4.90 Å². The topological polar surface area (TPSA) is 74.8 Å². The summed E-state index contributed by atoms with van der Waals surface area (Å²) in [5.41, 5.74) is 2.86. The van der Waals surface area contributed by atoms with E-state index in [1.165, 1.54) is 16.7 Å². The second-order valence-corrected chi connectivity index (χ2v) is 9.03. The second kappa shape index (κ2) is 8.20. The van der Waals surface area contributed by atoms with Crippen LogP contribution in [-0.2, 0) is 32.3 Å². The third kappa shape index (κ3) is 4.44. The van der Waals surface area contributed by atoms with Crippen molar-refractivity contribution in [3.63, 3.8) is 0 Å². The summed E-state index contributed by atoms with van der Waals surface area (Å²) in [5.74, 6) is -0.317. The average molecular weight is 381 g/mol. The van der Waals surface area contributed by atoms with E-state index in [-0.39, 0.29) is 35.9 Å². The Morgan fingerprint density at radius 3 is 2.15 bits per heavy atom. The Labute approximate surface area is 156 Å². The van der Waals surface area contributed by atoms with E-state index >= 15 is 0 Å². The van der Waals surface area contributed by atoms with E-state index in [4.69, 9.17) is 0 Å². The van der Waals surface area contributed by atoms with Gasteiger partial charge in [-0.15, -0.1) is 0 Å². The van der Waals surface area contributed by atoms with E-state index in [1.54, 1.807) is 7.05 Å². The number of carbonyl (C=O) groups is 2. The van der Waals surface area contributed by atoms with Crippen LogP contribution in [0.1, 0.15) is 38.3 Å². The van der Waals surface area contributed by atoms with Gasteiger partial charge in [-0.1, -0.05) is 32.0 Å². The van der Waals surface area contributed by atoms with E-state index in [0.717, 1.165) is 29.7 Å². The lowest BCUT2D eigenvalue weighted by Crippen LogP contribution is -2.45. The summed E-state index contributed by atoms with van der Waals surface area (Å²) < 4.78 is 23.4. The van der Waals surface area contributed by atoms with Gasteiger partial charge in [0, 0.05) is 20.0 Å². The van der Waals surface area contributed by atoms with Crippen LogP contribution in [0.5, 0.6) is 0 Å². The maximum absolute atomic E-state index is 12.8. The number of sulfone groups is 1. The molecule has 1 saturated heterocycles. The molecule has 0 bridgehead atoms. The van der Waals surface area contributed by atoms with Crippen molar-refractivity contribution in [3.8, 4) is 0 Å². The van der Waals surface area contributed by atoms with Crippen molar-refractivity contribution in [1.82, 2.24) is 4.90 Å². The zero-order valence-electron chi connectivity index (χ0n) is 16.0. The van der Waals surface area contributed by atoms with Crippen LogP contribution in [0.3, 0.4) is 0 Å². The number of para-hydroxylation sites is 1. The zero-order chi connectivity index (χ0) is 19.5. The number of aryl methyl sites for hydroxylation is 2. The fourth-order valence-corrected chi connectivity index (χ4v) is 5.22. The van der Waals surface area contributed by atoms with Crippen LogP contribution in [0.4, 0.5) is 5.69 Å². The predicted molar refractivity (Wildman–Crippen MR) is 103 cm³/mol. The Hall–Kier alpha value is -1.89. The number of nitrogens with zero attached hydrogens (tertiary/aromatic N) is 2. The number of amides is 2. The quantitative estimate of drug-likeness (QED) is 0.754. The number of benzene rings is 1. The Bertz CT molecular complexity index is 766. The van der Waals surface area contributed by atoms with Crippen LogP contribution >= 0.6 is 0 Å². The zero-order valence-corrected chi connectivity index (χ0v) is 16.8. The molecule has 6 nitrogen and oxygen atoms in total. The van der Waals surface area contributed by atoms with Crippen LogP contribution in [0.15, 0.2) is 18.2 Å². The molecule has 1 atom stereocenters. The van der Waals surface area contributed by atoms with Crippen LogP contribution in [-0.4, -0.2) is 56.3 Å². The monoisotopic (exact) mass is 380 g/mol. The highest BCUT2D eigenvalue weighted by Crippen LogP contribution is 2.27. The molecule has 2 amide bonds. The first kappa shape index (κ1) is 20.4. The fourth-order valence-electron chi connectivity index (χ4n) is 3.44. The van der Waals surface area contributed by atoms with Gasteiger partial charge in [0.1, 0.15) is 6.54 Å². The van der Waals surface area contributed by atoms with E-state index in [1.807, 2.05) is 32.0 Å². The number of hydrogen-bond donors (Lipinski definition) is 0. The Morgan fingerprint density at radius 2 is 1.73 bits per heavy atom. The SMILES string of the molecule is CCc1cccc(CC)c1N(CC(=O)N(C)C1CCS(=O)(=O)C1)C(C)=O. The maximum atomic E-state index is 12.8. The molecule has 1 fully saturated rings. The van der Waals surface area contributed by atoms with Gasteiger partial charge in [0.2, 0.25) is 11.8 Å². The van der Waals surface area contributed by atoms with E-state index < -0.39 is 9.84 Å². The van der Waals surface area contributed by atoms with Gasteiger partial charge in [-0.05, 0) is 30.4 Å². The molecule has 0 saturated carbocycles. The van der Waals surface area contributed by atoms with Crippen molar-refractivity contribution in [2.75, 3.05) is 30.0 Å². The molecule has 1 unspecified atom stereocenters. The first-order valence-corrected chi connectivity index (χ1v) is 10.9. The Morgan fingerprint density at radius 1 is 1.15 bits per heavy atom. The molecule has 7 heteroatoms. The molecule has 2 rings (SSSR count). The molecule has 0 spiro atoms. The molecule has 1 heterocycles. The number of hydrogen-bond acceptors (Lipinski definition) is 4. The van der Waals surface area contributed by atoms with Gasteiger partial charge >= 0.3 is 0 Å². The van der Waals surface area contributed by atoms with Crippen LogP contribution in [0, 0.1) is 0 Å². The van der Waals surface area contributed by atoms with Gasteiger partial charge in [-0.25, -0.2) is 8.42 Å². The average Bonchev–Trinajstić information content (AvgIpc) is 2.97. The molecule has 26 heavy (non-hydrogen) atoms. The maximum Gasteiger partial charge on any atom is 0.242 e. The van der Waals surface area contributed by atoms with Crippen molar-refractivity contribution in [1.29, 1.82) is 0 Å². The molecule has 0 aromatic heterocycles. The molecule has 144 valence electrons. The summed E-state index contributed by atoms with van der Waals surface area (Å²) in [4.78, 5) is 28.1. The van der Waals surface area contributed by atoms with Gasteiger partial charge < -0.3 is 9.80 Å². The lowest BCUT2D eigenvalue weighted by Gasteiger charge is -2.30. The highest BCUT2D eigenvalue weighted by atomic mass is 32.2. The number of likely N-dealkylation sites (N-methyl/N-ethyl adjacent to an activating group) is 1. The molecule has 1 aromatic carbocycles. The smallest absolute Gasteiger partial charge is 0.242 e. The van der Waals surface area contributed by atoms with E-state index in [2.05, 4.69) is 0 Å². The summed E-state index contributed by atoms with van der Waals surface area (Å²) in [6.45, 7) is 5.42. The molecule has 1 aliphatic heterocycles. The lowest BCUT2D eigenvalue weighted by atomic mass is 10.0. The summed E-state index contributed by atoms with van der Waals surface area (Å²) in [6, 6.07) is 5.61. The van der Waals surface area contributed by atoms with Gasteiger partial charge in [0.15, 0.2) is 9.84 Å². The Kier molecular flexibility index (Phi) is 6.44. The van der Waals surface area contributed by atoms with Crippen molar-refractivity contribution < 1.29 is 18.0 Å². The fraction of sp³-hybridized carbons (Fsp3) is 0.579. The first-order valence-electron chi connectivity index (χ1n) is 9.05. The summed E-state index contributed by atoms with van der Waals surface area (Å²) in [7, 11) is -1.44. The summed E-state index contributed by atoms with van der Waals surface area (Å²) in [6.07, 6.45) is 1.98. The summed E-state index contributed by atoms with van der Waals surface area (Å²) in [5, 5.41) is 0. The van der Waals surface area contributed by atoms with Crippen molar-refractivity contribution in [2.45, 2.75) is 46.1 Å². The molecule has 0 radical (unpaired) electrons. The summed E-state index contributed by atoms with van der Waals surface area (Å²) >= 11 is 0. The van der Waals surface area contributed by atoms with Crippen LogP contribution in [0.25, 0.3) is 0 Å². The molecular formula is C19H28N2O4S. The van der Waals surface area contributed by atoms with Gasteiger partial charge in [-0.3, -0.25) is 9.59 Å². The van der Waals surface area contributed by atoms with Crippen LogP contribution in [0.2, 0.25) is 0 Å². The highest BCUT2D eigenvalue weighted by molar-refractivity contribution is 7.91. The molecular weight excluding hydrogens is 352 g/mol. The van der Waals surface area contributed by atoms with Crippen molar-refractivity contribution in [2.24, 2.45) is 0 Å². The van der Waals surface area contributed by atoms with Crippen molar-refractivity contribution in [3.05, 3.63) is 29.3 Å². The predicted octanol–water partition coefficient (Wildman–Crippen LogP) is 1.81. The number of carbonyl (C=O) groups excluding carboxylic acids is 2. The molecule has 0 aliphatic carbocycles. The normalized spacial score (nSPS) is 18.5. The minimum atomic E-state index is -3.07. The number of rotatable bonds is 6. The molecule has 0 N–H and O–H groups in total. The molecule has 1 aromatic rings. The lowest BCUT2D eigenvalue weighted by molar-refractivity contribution is -0.131. The minimum Gasteiger partial charge on any atom is -0.340 e. The van der Waals surface area contributed by atoms with Gasteiger partial charge in [0.05, 0.1) is 17.2 Å². The highest BCUT2D eigenvalue weighted by Gasteiger charge is 2.33. The largest absolute Gasteiger partial charge is 0.340 e. The van der Waals surface area contributed by atoms with E-state index in [9.17, 15) is 18.0 Å². The Balaban J connectivity index is 2.27. The molecule has 1 aliphatic rings. The van der Waals surface area contributed by atoms with Gasteiger partial charge in [0.25, 0.3) is 0 Å². The van der Waals surface area contributed by atoms with Gasteiger partial charge in [-0.2, -0.15) is 0 Å². The van der Waals surface area contributed by atoms with Crippen molar-refractivity contribution >= 4 is 27.3 Å². The standard InChI is InChI=1S/C19H28N2O4S/c1-5-15-8-7-9-16(6-2)19(15)21(14(3)22)12-18(23)20(4)17-10-11-26(24,25)13-17/h7-9,17H,5-6,10-13H2,1-4H3. The van der Waals surface area contributed by atoms with E-state index in [0.29, 0.717) is 6.42 Å². The first-order chi connectivity index (χ1) is 12.2. The second-order valence-electron chi connectivity index (χ2n) is 6.80.